The summed E-state index contributed by atoms with van der Waals surface area (Å²) in [6.45, 7) is 1.27. The summed E-state index contributed by atoms with van der Waals surface area (Å²) >= 11 is 0. The third-order valence-electron chi connectivity index (χ3n) is 5.50. The average Bonchev–Trinajstić information content (AvgIpc) is 3.13. The lowest BCUT2D eigenvalue weighted by Gasteiger charge is -2.14. The molecule has 0 bridgehead atoms. The van der Waals surface area contributed by atoms with Crippen molar-refractivity contribution < 1.29 is 29.0 Å². The third-order valence-corrected chi connectivity index (χ3v) is 5.50. The number of hydrogen-bond donors (Lipinski definition) is 4. The molecular weight excluding hydrogens is 426 g/mol. The molecule has 0 fully saturated rings. The molecule has 3 rings (SSSR count). The van der Waals surface area contributed by atoms with Gasteiger partial charge in [0.25, 0.3) is 0 Å². The molecule has 0 radical (unpaired) electrons. The van der Waals surface area contributed by atoms with E-state index in [2.05, 4.69) is 16.0 Å². The van der Waals surface area contributed by atoms with Gasteiger partial charge in [0.05, 0.1) is 12.5 Å². The van der Waals surface area contributed by atoms with Crippen LogP contribution in [0.25, 0.3) is 11.1 Å². The molecule has 1 aliphatic carbocycles. The Morgan fingerprint density at radius 3 is 2.03 bits per heavy atom. The lowest BCUT2D eigenvalue weighted by Crippen LogP contribution is -2.42. The van der Waals surface area contributed by atoms with Gasteiger partial charge < -0.3 is 25.8 Å². The van der Waals surface area contributed by atoms with E-state index in [0.717, 1.165) is 22.3 Å². The van der Waals surface area contributed by atoms with Crippen LogP contribution in [0.5, 0.6) is 0 Å². The number of hydrogen-bond acceptors (Lipinski definition) is 5. The molecule has 1 unspecified atom stereocenters. The highest BCUT2D eigenvalue weighted by Crippen LogP contribution is 2.44. The summed E-state index contributed by atoms with van der Waals surface area (Å²) in [6, 6.07) is 16.0. The maximum atomic E-state index is 12.1. The Labute approximate surface area is 191 Å². The van der Waals surface area contributed by atoms with Gasteiger partial charge in [-0.25, -0.2) is 4.79 Å². The number of ether oxygens (including phenoxy) is 1. The number of benzene rings is 2. The van der Waals surface area contributed by atoms with Crippen molar-refractivity contribution >= 4 is 23.9 Å². The Morgan fingerprint density at radius 1 is 0.879 bits per heavy atom. The van der Waals surface area contributed by atoms with Crippen molar-refractivity contribution in [3.63, 3.8) is 0 Å². The molecule has 0 saturated heterocycles. The molecule has 0 heterocycles. The molecule has 2 aromatic rings. The first-order chi connectivity index (χ1) is 15.9. The summed E-state index contributed by atoms with van der Waals surface area (Å²) in [5.41, 5.74) is 4.43. The Hall–Kier alpha value is -3.88. The maximum Gasteiger partial charge on any atom is 0.407 e. The van der Waals surface area contributed by atoms with Gasteiger partial charge in [0, 0.05) is 12.5 Å². The van der Waals surface area contributed by atoms with Crippen molar-refractivity contribution in [3.05, 3.63) is 59.7 Å². The predicted octanol–water partition coefficient (Wildman–Crippen LogP) is 1.87. The molecule has 0 aliphatic heterocycles. The van der Waals surface area contributed by atoms with E-state index in [-0.39, 0.29) is 32.2 Å². The van der Waals surface area contributed by atoms with Crippen LogP contribution in [0.1, 0.15) is 30.4 Å². The minimum atomic E-state index is -0.933. The Kier molecular flexibility index (Phi) is 8.01. The number of rotatable bonds is 10. The number of aliphatic carboxylic acids is 1. The molecule has 33 heavy (non-hydrogen) atoms. The van der Waals surface area contributed by atoms with Crippen molar-refractivity contribution in [2.24, 2.45) is 5.92 Å². The van der Waals surface area contributed by atoms with E-state index in [4.69, 9.17) is 9.84 Å². The highest BCUT2D eigenvalue weighted by Gasteiger charge is 2.29. The zero-order valence-electron chi connectivity index (χ0n) is 18.3. The lowest BCUT2D eigenvalue weighted by atomic mass is 9.98. The summed E-state index contributed by atoms with van der Waals surface area (Å²) in [4.78, 5) is 46.4. The standard InChI is InChI=1S/C24H27N3O6/c1-15(23(30)31)10-11-25-21(28)12-26-22(29)13-27-24(32)33-14-20-18-8-4-2-6-16(18)17-7-3-5-9-19(17)20/h2-9,15,20H,10-14H2,1H3,(H,25,28)(H,26,29)(H,27,32)(H,30,31). The van der Waals surface area contributed by atoms with Crippen molar-refractivity contribution in [1.29, 1.82) is 0 Å². The van der Waals surface area contributed by atoms with Crippen molar-refractivity contribution in [2.45, 2.75) is 19.3 Å². The second-order valence-electron chi connectivity index (χ2n) is 7.83. The van der Waals surface area contributed by atoms with Crippen LogP contribution < -0.4 is 16.0 Å². The third kappa shape index (κ3) is 6.31. The fraction of sp³-hybridized carbons (Fsp3) is 0.333. The monoisotopic (exact) mass is 453 g/mol. The highest BCUT2D eigenvalue weighted by molar-refractivity contribution is 5.87. The maximum absolute atomic E-state index is 12.1. The van der Waals surface area contributed by atoms with Gasteiger partial charge in [-0.1, -0.05) is 55.5 Å². The number of alkyl carbamates (subject to hydrolysis) is 1. The van der Waals surface area contributed by atoms with Crippen LogP contribution in [0, 0.1) is 5.92 Å². The zero-order chi connectivity index (χ0) is 23.8. The molecule has 9 heteroatoms. The quantitative estimate of drug-likeness (QED) is 0.434. The summed E-state index contributed by atoms with van der Waals surface area (Å²) in [5, 5.41) is 16.1. The van der Waals surface area contributed by atoms with Crippen LogP contribution >= 0.6 is 0 Å². The van der Waals surface area contributed by atoms with Crippen molar-refractivity contribution in [3.8, 4) is 11.1 Å². The number of carbonyl (C=O) groups is 4. The fourth-order valence-corrected chi connectivity index (χ4v) is 3.66. The van der Waals surface area contributed by atoms with E-state index in [1.54, 1.807) is 6.92 Å². The average molecular weight is 453 g/mol. The number of carboxylic acid groups (broad SMARTS) is 1. The Morgan fingerprint density at radius 2 is 1.42 bits per heavy atom. The largest absolute Gasteiger partial charge is 0.481 e. The van der Waals surface area contributed by atoms with Gasteiger partial charge in [-0.15, -0.1) is 0 Å². The van der Waals surface area contributed by atoms with Gasteiger partial charge in [0.2, 0.25) is 11.8 Å². The zero-order valence-corrected chi connectivity index (χ0v) is 18.3. The van der Waals surface area contributed by atoms with Gasteiger partial charge in [-0.2, -0.15) is 0 Å². The number of amides is 3. The molecule has 3 amide bonds. The van der Waals surface area contributed by atoms with Gasteiger partial charge in [0.15, 0.2) is 0 Å². The van der Waals surface area contributed by atoms with Crippen LogP contribution in [0.2, 0.25) is 0 Å². The van der Waals surface area contributed by atoms with Gasteiger partial charge in [-0.05, 0) is 28.7 Å². The van der Waals surface area contributed by atoms with Crippen LogP contribution in [-0.4, -0.2) is 55.2 Å². The fourth-order valence-electron chi connectivity index (χ4n) is 3.66. The van der Waals surface area contributed by atoms with E-state index < -0.39 is 29.8 Å². The van der Waals surface area contributed by atoms with Gasteiger partial charge in [0.1, 0.15) is 13.2 Å². The van der Waals surface area contributed by atoms with E-state index in [9.17, 15) is 19.2 Å². The SMILES string of the molecule is CC(CCNC(=O)CNC(=O)CNC(=O)OCC1c2ccccc2-c2ccccc21)C(=O)O. The first-order valence-corrected chi connectivity index (χ1v) is 10.7. The number of fused-ring (bicyclic) bond motifs is 3. The minimum absolute atomic E-state index is 0.0792. The molecular formula is C24H27N3O6. The normalized spacial score (nSPS) is 12.8. The second kappa shape index (κ2) is 11.1. The Balaban J connectivity index is 1.37. The number of nitrogens with one attached hydrogen (secondary N) is 3. The van der Waals surface area contributed by atoms with Crippen molar-refractivity contribution in [1.82, 2.24) is 16.0 Å². The van der Waals surface area contributed by atoms with E-state index in [1.807, 2.05) is 48.5 Å². The first-order valence-electron chi connectivity index (χ1n) is 10.7. The molecule has 0 aromatic heterocycles. The molecule has 4 N–H and O–H groups in total. The van der Waals surface area contributed by atoms with Crippen molar-refractivity contribution in [2.75, 3.05) is 26.2 Å². The highest BCUT2D eigenvalue weighted by atomic mass is 16.5. The van der Waals surface area contributed by atoms with E-state index in [1.165, 1.54) is 0 Å². The lowest BCUT2D eigenvalue weighted by molar-refractivity contribution is -0.141. The smallest absolute Gasteiger partial charge is 0.407 e. The first kappa shape index (κ1) is 23.8. The second-order valence-corrected chi connectivity index (χ2v) is 7.83. The summed E-state index contributed by atoms with van der Waals surface area (Å²) in [5.74, 6) is -2.57. The molecule has 0 spiro atoms. The Bertz CT molecular complexity index is 993. The van der Waals surface area contributed by atoms with E-state index in [0.29, 0.717) is 6.42 Å². The van der Waals surface area contributed by atoms with Crippen LogP contribution in [0.3, 0.4) is 0 Å². The summed E-state index contributed by atoms with van der Waals surface area (Å²) < 4.78 is 5.35. The van der Waals surface area contributed by atoms with Gasteiger partial charge in [-0.3, -0.25) is 14.4 Å². The van der Waals surface area contributed by atoms with Crippen LogP contribution in [0.4, 0.5) is 4.79 Å². The minimum Gasteiger partial charge on any atom is -0.481 e. The molecule has 174 valence electrons. The number of carboxylic acids is 1. The molecule has 0 saturated carbocycles. The van der Waals surface area contributed by atoms with Crippen LogP contribution in [0.15, 0.2) is 48.5 Å². The summed E-state index contributed by atoms with van der Waals surface area (Å²) in [7, 11) is 0. The molecule has 2 aromatic carbocycles. The van der Waals surface area contributed by atoms with Crippen LogP contribution in [-0.2, 0) is 19.1 Å². The molecule has 1 aliphatic rings. The molecule has 1 atom stereocenters. The number of carbonyl (C=O) groups excluding carboxylic acids is 3. The van der Waals surface area contributed by atoms with Gasteiger partial charge >= 0.3 is 12.1 Å². The predicted molar refractivity (Wildman–Crippen MR) is 121 cm³/mol. The molecule has 9 nitrogen and oxygen atoms in total. The van der Waals surface area contributed by atoms with E-state index >= 15 is 0 Å². The summed E-state index contributed by atoms with van der Waals surface area (Å²) in [6.07, 6.45) is -0.433. The topological polar surface area (TPSA) is 134 Å².